The number of hydrogen-bond acceptors (Lipinski definition) is 0. The van der Waals surface area contributed by atoms with Crippen molar-refractivity contribution in [3.8, 4) is 0 Å². The summed E-state index contributed by atoms with van der Waals surface area (Å²) in [5, 5.41) is 0. The first-order valence-electron chi connectivity index (χ1n) is 2.78. The molecule has 0 bridgehead atoms. The summed E-state index contributed by atoms with van der Waals surface area (Å²) in [5.41, 5.74) is 0. The SMILES string of the molecule is FC(F)(F)C1C=IC=CC1. The van der Waals surface area contributed by atoms with Gasteiger partial charge in [-0.25, -0.2) is 0 Å². The summed E-state index contributed by atoms with van der Waals surface area (Å²) in [4.78, 5) is 0. The first-order valence-corrected chi connectivity index (χ1v) is 5.27. The van der Waals surface area contributed by atoms with Crippen molar-refractivity contribution >= 4 is 24.7 Å². The molecular weight excluding hydrogens is 256 g/mol. The molecule has 0 fully saturated rings. The molecule has 0 aromatic rings. The van der Waals surface area contributed by atoms with Crippen molar-refractivity contribution in [2.75, 3.05) is 0 Å². The lowest BCUT2D eigenvalue weighted by molar-refractivity contribution is -0.152. The van der Waals surface area contributed by atoms with Crippen LogP contribution in [0.25, 0.3) is 0 Å². The lowest BCUT2D eigenvalue weighted by Crippen LogP contribution is -2.23. The fourth-order valence-corrected chi connectivity index (χ4v) is 2.67. The Bertz CT molecular complexity index is 168. The molecule has 0 spiro atoms. The third-order valence-electron chi connectivity index (χ3n) is 1.20. The fourth-order valence-electron chi connectivity index (χ4n) is 0.636. The predicted octanol–water partition coefficient (Wildman–Crippen LogP) is 2.86. The second kappa shape index (κ2) is 3.02. The molecule has 0 aliphatic carbocycles. The zero-order chi connectivity index (χ0) is 7.61. The van der Waals surface area contributed by atoms with Crippen LogP contribution in [0.2, 0.25) is 0 Å². The highest BCUT2D eigenvalue weighted by atomic mass is 127. The van der Waals surface area contributed by atoms with Crippen LogP contribution in [-0.4, -0.2) is 10.2 Å². The van der Waals surface area contributed by atoms with Crippen LogP contribution in [0.1, 0.15) is 6.42 Å². The summed E-state index contributed by atoms with van der Waals surface area (Å²) in [6.07, 6.45) is -2.24. The molecule has 0 aromatic heterocycles. The van der Waals surface area contributed by atoms with Crippen LogP contribution in [0.5, 0.6) is 0 Å². The minimum absolute atomic E-state index is 0.142. The monoisotopic (exact) mass is 262 g/mol. The van der Waals surface area contributed by atoms with Gasteiger partial charge in [-0.15, -0.1) is 0 Å². The topological polar surface area (TPSA) is 0 Å². The highest BCUT2D eigenvalue weighted by Crippen LogP contribution is 2.31. The Labute approximate surface area is 66.9 Å². The average Bonchev–Trinajstić information content (AvgIpc) is 1.88. The predicted molar refractivity (Wildman–Crippen MR) is 43.4 cm³/mol. The molecule has 1 atom stereocenters. The molecule has 0 amide bonds. The Balaban J connectivity index is 2.60. The van der Waals surface area contributed by atoms with Crippen LogP contribution in [0, 0.1) is 5.92 Å². The highest BCUT2D eigenvalue weighted by Gasteiger charge is 2.37. The maximum atomic E-state index is 11.9. The summed E-state index contributed by atoms with van der Waals surface area (Å²) in [6, 6.07) is 0. The largest absolute Gasteiger partial charge is 0.395 e. The molecule has 4 heteroatoms. The molecular formula is C6H6F3I. The first kappa shape index (κ1) is 8.23. The van der Waals surface area contributed by atoms with Crippen molar-refractivity contribution in [3.05, 3.63) is 10.2 Å². The highest BCUT2D eigenvalue weighted by molar-refractivity contribution is 14.2. The third-order valence-corrected chi connectivity index (χ3v) is 3.40. The molecule has 1 aliphatic heterocycles. The molecule has 1 heterocycles. The summed E-state index contributed by atoms with van der Waals surface area (Å²) in [7, 11) is 0. The molecule has 1 rings (SSSR count). The number of hydrogen-bond donors (Lipinski definition) is 0. The lowest BCUT2D eigenvalue weighted by Gasteiger charge is -2.15. The second-order valence-electron chi connectivity index (χ2n) is 2.00. The van der Waals surface area contributed by atoms with Crippen molar-refractivity contribution in [1.29, 1.82) is 0 Å². The number of alkyl halides is 3. The molecule has 10 heavy (non-hydrogen) atoms. The minimum atomic E-state index is -4.01. The summed E-state index contributed by atoms with van der Waals surface area (Å²) >= 11 is -0.417. The maximum Gasteiger partial charge on any atom is 0.395 e. The van der Waals surface area contributed by atoms with Gasteiger partial charge in [0.25, 0.3) is 0 Å². The van der Waals surface area contributed by atoms with Crippen LogP contribution in [0.3, 0.4) is 0 Å². The molecule has 0 radical (unpaired) electrons. The van der Waals surface area contributed by atoms with E-state index >= 15 is 0 Å². The molecule has 58 valence electrons. The van der Waals surface area contributed by atoms with Crippen molar-refractivity contribution in [2.45, 2.75) is 12.6 Å². The van der Waals surface area contributed by atoms with Gasteiger partial charge < -0.3 is 0 Å². The van der Waals surface area contributed by atoms with Crippen molar-refractivity contribution in [2.24, 2.45) is 5.92 Å². The normalized spacial score (nSPS) is 26.1. The van der Waals surface area contributed by atoms with Gasteiger partial charge >= 0.3 is 6.18 Å². The zero-order valence-corrected chi connectivity index (χ0v) is 7.19. The van der Waals surface area contributed by atoms with E-state index in [0.717, 1.165) is 0 Å². The number of allylic oxidation sites excluding steroid dienone is 1. The summed E-state index contributed by atoms with van der Waals surface area (Å²) in [5.74, 6) is -1.16. The van der Waals surface area contributed by atoms with E-state index in [1.165, 1.54) is 4.01 Å². The molecule has 0 saturated carbocycles. The average molecular weight is 262 g/mol. The number of rotatable bonds is 0. The molecule has 1 unspecified atom stereocenters. The molecule has 0 nitrogen and oxygen atoms in total. The molecule has 0 saturated heterocycles. The van der Waals surface area contributed by atoms with E-state index in [4.69, 9.17) is 0 Å². The van der Waals surface area contributed by atoms with Crippen molar-refractivity contribution < 1.29 is 13.2 Å². The smallest absolute Gasteiger partial charge is 0.170 e. The maximum absolute atomic E-state index is 11.9. The van der Waals surface area contributed by atoms with Crippen LogP contribution in [0.15, 0.2) is 10.2 Å². The van der Waals surface area contributed by atoms with E-state index in [2.05, 4.69) is 0 Å². The Hall–Kier alpha value is 0.130. The van der Waals surface area contributed by atoms with E-state index < -0.39 is 32.8 Å². The number of halogens is 4. The van der Waals surface area contributed by atoms with E-state index in [1.54, 1.807) is 6.08 Å². The third kappa shape index (κ3) is 2.07. The Morgan fingerprint density at radius 1 is 1.40 bits per heavy atom. The fraction of sp³-hybridized carbons (Fsp3) is 0.500. The van der Waals surface area contributed by atoms with E-state index in [9.17, 15) is 13.2 Å². The van der Waals surface area contributed by atoms with Gasteiger partial charge in [-0.1, -0.05) is 26.8 Å². The Morgan fingerprint density at radius 2 is 2.10 bits per heavy atom. The van der Waals surface area contributed by atoms with Gasteiger partial charge in [-0.05, 0) is 14.5 Å². The Kier molecular flexibility index (Phi) is 2.49. The van der Waals surface area contributed by atoms with Gasteiger partial charge in [0.05, 0.1) is 5.92 Å². The minimum Gasteiger partial charge on any atom is -0.170 e. The van der Waals surface area contributed by atoms with E-state index in [-0.39, 0.29) is 6.42 Å². The van der Waals surface area contributed by atoms with E-state index in [1.807, 2.05) is 4.08 Å². The van der Waals surface area contributed by atoms with Crippen molar-refractivity contribution in [3.63, 3.8) is 0 Å². The standard InChI is InChI=1S/C6H6F3I/c7-6(8,9)5-2-1-3-10-4-5/h1,3-5H,2H2. The zero-order valence-electron chi connectivity index (χ0n) is 5.03. The Morgan fingerprint density at radius 3 is 2.40 bits per heavy atom. The molecule has 0 N–H and O–H groups in total. The summed E-state index contributed by atoms with van der Waals surface area (Å²) in [6.45, 7) is 0. The van der Waals surface area contributed by atoms with Crippen molar-refractivity contribution in [1.82, 2.24) is 0 Å². The van der Waals surface area contributed by atoms with Crippen LogP contribution >= 0.6 is 20.7 Å². The van der Waals surface area contributed by atoms with Crippen LogP contribution in [-0.2, 0) is 0 Å². The van der Waals surface area contributed by atoms with Gasteiger partial charge in [-0.2, -0.15) is 13.2 Å². The van der Waals surface area contributed by atoms with Gasteiger partial charge in [0.15, 0.2) is 0 Å². The van der Waals surface area contributed by atoms with Crippen LogP contribution in [0.4, 0.5) is 13.2 Å². The lowest BCUT2D eigenvalue weighted by atomic mass is 10.1. The summed E-state index contributed by atoms with van der Waals surface area (Å²) < 4.78 is 39.0. The molecule has 1 aliphatic rings. The quantitative estimate of drug-likeness (QED) is 0.589. The molecule has 0 aromatic carbocycles. The first-order chi connectivity index (χ1) is 4.61. The second-order valence-corrected chi connectivity index (χ2v) is 4.15. The van der Waals surface area contributed by atoms with Gasteiger partial charge in [0, 0.05) is 0 Å². The van der Waals surface area contributed by atoms with E-state index in [0.29, 0.717) is 0 Å². The van der Waals surface area contributed by atoms with Gasteiger partial charge in [0.1, 0.15) is 0 Å². The van der Waals surface area contributed by atoms with Gasteiger partial charge in [-0.3, -0.25) is 0 Å². The van der Waals surface area contributed by atoms with Crippen LogP contribution < -0.4 is 0 Å². The van der Waals surface area contributed by atoms with Gasteiger partial charge in [0.2, 0.25) is 0 Å².